The first-order valence-electron chi connectivity index (χ1n) is 9.03. The zero-order chi connectivity index (χ0) is 21.3. The maximum atomic E-state index is 13.3. The number of benzene rings is 3. The summed E-state index contributed by atoms with van der Waals surface area (Å²) in [6.07, 6.45) is 1.15. The highest BCUT2D eigenvalue weighted by atomic mass is 32.2. The summed E-state index contributed by atoms with van der Waals surface area (Å²) in [5.74, 6) is -0.740. The molecule has 152 valence electrons. The molecule has 0 atom stereocenters. The molecule has 4 aromatic rings. The van der Waals surface area contributed by atoms with Crippen molar-refractivity contribution < 1.29 is 17.6 Å². The molecule has 1 aromatic heterocycles. The van der Waals surface area contributed by atoms with Gasteiger partial charge in [0.25, 0.3) is 5.91 Å². The van der Waals surface area contributed by atoms with Gasteiger partial charge >= 0.3 is 0 Å². The van der Waals surface area contributed by atoms with E-state index >= 15 is 0 Å². The Hall–Kier alpha value is -3.10. The Morgan fingerprint density at radius 2 is 1.73 bits per heavy atom. The van der Waals surface area contributed by atoms with Crippen LogP contribution in [0.4, 0.5) is 9.52 Å². The minimum Gasteiger partial charge on any atom is -0.279 e. The third-order valence-corrected chi connectivity index (χ3v) is 6.68. The van der Waals surface area contributed by atoms with Gasteiger partial charge in [-0.2, -0.15) is 0 Å². The van der Waals surface area contributed by atoms with Crippen LogP contribution in [0.2, 0.25) is 0 Å². The molecule has 0 radical (unpaired) electrons. The van der Waals surface area contributed by atoms with Gasteiger partial charge in [-0.1, -0.05) is 41.7 Å². The van der Waals surface area contributed by atoms with Gasteiger partial charge in [0.1, 0.15) is 5.82 Å². The molecular formula is C22H17FN2O3S2. The number of anilines is 1. The molecule has 3 aromatic carbocycles. The van der Waals surface area contributed by atoms with E-state index in [1.54, 1.807) is 12.1 Å². The van der Waals surface area contributed by atoms with Gasteiger partial charge in [-0.05, 0) is 48.0 Å². The lowest BCUT2D eigenvalue weighted by Crippen LogP contribution is -2.30. The smallest absolute Gasteiger partial charge is 0.260 e. The predicted octanol–water partition coefficient (Wildman–Crippen LogP) is 4.69. The van der Waals surface area contributed by atoms with Crippen molar-refractivity contribution in [2.45, 2.75) is 11.4 Å². The number of thiazole rings is 1. The zero-order valence-corrected chi connectivity index (χ0v) is 17.6. The first kappa shape index (κ1) is 20.2. The Balaban J connectivity index is 1.78. The number of sulfone groups is 1. The molecule has 0 N–H and O–H groups in total. The lowest BCUT2D eigenvalue weighted by molar-refractivity contribution is 0.0985. The first-order chi connectivity index (χ1) is 14.3. The van der Waals surface area contributed by atoms with Crippen molar-refractivity contribution in [2.24, 2.45) is 0 Å². The van der Waals surface area contributed by atoms with Crippen molar-refractivity contribution in [1.29, 1.82) is 0 Å². The molecule has 0 saturated carbocycles. The summed E-state index contributed by atoms with van der Waals surface area (Å²) < 4.78 is 37.7. The van der Waals surface area contributed by atoms with Crippen molar-refractivity contribution in [3.63, 3.8) is 0 Å². The molecule has 0 spiro atoms. The van der Waals surface area contributed by atoms with Crippen molar-refractivity contribution in [3.05, 3.63) is 89.7 Å². The third kappa shape index (κ3) is 4.24. The van der Waals surface area contributed by atoms with Crippen LogP contribution in [-0.2, 0) is 16.4 Å². The first-order valence-corrected chi connectivity index (χ1v) is 11.7. The maximum Gasteiger partial charge on any atom is 0.260 e. The second-order valence-electron chi connectivity index (χ2n) is 6.78. The van der Waals surface area contributed by atoms with Crippen LogP contribution >= 0.6 is 11.3 Å². The highest BCUT2D eigenvalue weighted by Gasteiger charge is 2.22. The molecule has 0 aliphatic carbocycles. The summed E-state index contributed by atoms with van der Waals surface area (Å²) in [5, 5.41) is 0.439. The number of carbonyl (C=O) groups excluding carboxylic acids is 1. The van der Waals surface area contributed by atoms with Gasteiger partial charge in [0, 0.05) is 11.8 Å². The van der Waals surface area contributed by atoms with Crippen LogP contribution in [0.3, 0.4) is 0 Å². The average molecular weight is 441 g/mol. The summed E-state index contributed by atoms with van der Waals surface area (Å²) in [4.78, 5) is 19.5. The van der Waals surface area contributed by atoms with E-state index in [1.165, 1.54) is 46.6 Å². The highest BCUT2D eigenvalue weighted by Crippen LogP contribution is 2.32. The number of amides is 1. The van der Waals surface area contributed by atoms with E-state index in [4.69, 9.17) is 0 Å². The molecule has 1 heterocycles. The Labute approximate surface area is 177 Å². The molecule has 0 unspecified atom stereocenters. The van der Waals surface area contributed by atoms with Gasteiger partial charge in [0.05, 0.1) is 21.7 Å². The summed E-state index contributed by atoms with van der Waals surface area (Å²) >= 11 is 1.24. The molecule has 4 rings (SSSR count). The molecule has 0 aliphatic rings. The number of aromatic nitrogens is 1. The fraction of sp³-hybridized carbons (Fsp3) is 0.0909. The number of hydrogen-bond acceptors (Lipinski definition) is 5. The van der Waals surface area contributed by atoms with Crippen LogP contribution in [0.15, 0.2) is 77.7 Å². The Morgan fingerprint density at radius 3 is 2.40 bits per heavy atom. The lowest BCUT2D eigenvalue weighted by atomic mass is 10.1. The number of halogens is 1. The highest BCUT2D eigenvalue weighted by molar-refractivity contribution is 7.90. The molecule has 8 heteroatoms. The summed E-state index contributed by atoms with van der Waals surface area (Å²) in [5.41, 5.74) is 1.85. The molecular weight excluding hydrogens is 423 g/mol. The molecule has 0 fully saturated rings. The standard InChI is InChI=1S/C22H17FN2O3S2/c1-30(27,28)18-11-12-19-20(13-18)29-22(24-19)25(14-15-5-3-2-4-6-15)21(26)16-7-9-17(23)10-8-16/h2-13H,14H2,1H3. The van der Waals surface area contributed by atoms with E-state index in [1.807, 2.05) is 30.3 Å². The molecule has 5 nitrogen and oxygen atoms in total. The van der Waals surface area contributed by atoms with Crippen molar-refractivity contribution in [3.8, 4) is 0 Å². The fourth-order valence-corrected chi connectivity index (χ4v) is 4.70. The number of rotatable bonds is 5. The fourth-order valence-electron chi connectivity index (χ4n) is 2.98. The SMILES string of the molecule is CS(=O)(=O)c1ccc2nc(N(Cc3ccccc3)C(=O)c3ccc(F)cc3)sc2c1. The quantitative estimate of drug-likeness (QED) is 0.452. The Kier molecular flexibility index (Phi) is 5.36. The molecule has 30 heavy (non-hydrogen) atoms. The van der Waals surface area contributed by atoms with Crippen LogP contribution < -0.4 is 4.90 Å². The van der Waals surface area contributed by atoms with Gasteiger partial charge in [0.2, 0.25) is 0 Å². The molecule has 0 aliphatic heterocycles. The monoisotopic (exact) mass is 440 g/mol. The van der Waals surface area contributed by atoms with Crippen molar-refractivity contribution >= 4 is 42.4 Å². The second kappa shape index (κ2) is 7.97. The number of fused-ring (bicyclic) bond motifs is 1. The van der Waals surface area contributed by atoms with Crippen LogP contribution in [0.1, 0.15) is 15.9 Å². The second-order valence-corrected chi connectivity index (χ2v) is 9.81. The minimum absolute atomic E-state index is 0.199. The van der Waals surface area contributed by atoms with Gasteiger partial charge in [-0.25, -0.2) is 17.8 Å². The minimum atomic E-state index is -3.35. The number of carbonyl (C=O) groups is 1. The summed E-state index contributed by atoms with van der Waals surface area (Å²) in [6, 6.07) is 19.5. The summed E-state index contributed by atoms with van der Waals surface area (Å²) in [7, 11) is -3.35. The van der Waals surface area contributed by atoms with E-state index in [0.717, 1.165) is 11.8 Å². The Morgan fingerprint density at radius 1 is 1.03 bits per heavy atom. The van der Waals surface area contributed by atoms with Gasteiger partial charge in [0.15, 0.2) is 15.0 Å². The van der Waals surface area contributed by atoms with E-state index in [-0.39, 0.29) is 17.3 Å². The van der Waals surface area contributed by atoms with Gasteiger partial charge in [-0.3, -0.25) is 9.69 Å². The largest absolute Gasteiger partial charge is 0.279 e. The molecule has 0 saturated heterocycles. The lowest BCUT2D eigenvalue weighted by Gasteiger charge is -2.20. The van der Waals surface area contributed by atoms with Crippen molar-refractivity contribution in [1.82, 2.24) is 4.98 Å². The molecule has 0 bridgehead atoms. The number of hydrogen-bond donors (Lipinski definition) is 0. The predicted molar refractivity (Wildman–Crippen MR) is 116 cm³/mol. The normalized spacial score (nSPS) is 11.5. The summed E-state index contributed by atoms with van der Waals surface area (Å²) in [6.45, 7) is 0.274. The number of nitrogens with zero attached hydrogens (tertiary/aromatic N) is 2. The zero-order valence-electron chi connectivity index (χ0n) is 15.9. The van der Waals surface area contributed by atoms with E-state index in [2.05, 4.69) is 4.98 Å². The third-order valence-electron chi connectivity index (χ3n) is 4.53. The van der Waals surface area contributed by atoms with Crippen LogP contribution in [-0.4, -0.2) is 25.6 Å². The van der Waals surface area contributed by atoms with Crippen LogP contribution in [0.5, 0.6) is 0 Å². The van der Waals surface area contributed by atoms with Gasteiger partial charge < -0.3 is 0 Å². The van der Waals surface area contributed by atoms with Crippen LogP contribution in [0.25, 0.3) is 10.2 Å². The average Bonchev–Trinajstić information content (AvgIpc) is 3.15. The van der Waals surface area contributed by atoms with Gasteiger partial charge in [-0.15, -0.1) is 0 Å². The Bertz CT molecular complexity index is 1320. The topological polar surface area (TPSA) is 67.3 Å². The van der Waals surface area contributed by atoms with Crippen LogP contribution in [0, 0.1) is 5.82 Å². The maximum absolute atomic E-state index is 13.3. The van der Waals surface area contributed by atoms with Crippen molar-refractivity contribution in [2.75, 3.05) is 11.2 Å². The van der Waals surface area contributed by atoms with E-state index < -0.39 is 15.7 Å². The molecule has 1 amide bonds. The van der Waals surface area contributed by atoms with E-state index in [0.29, 0.717) is 20.9 Å². The van der Waals surface area contributed by atoms with E-state index in [9.17, 15) is 17.6 Å².